The summed E-state index contributed by atoms with van der Waals surface area (Å²) in [7, 11) is 0. The molecular formula is C12H18N2O3. The molecule has 2 bridgehead atoms. The molecule has 5 heteroatoms. The molecule has 0 aromatic carbocycles. The van der Waals surface area contributed by atoms with Crippen LogP contribution in [0, 0.1) is 5.92 Å². The summed E-state index contributed by atoms with van der Waals surface area (Å²) >= 11 is 0. The molecule has 0 spiro atoms. The van der Waals surface area contributed by atoms with Gasteiger partial charge in [-0.1, -0.05) is 0 Å². The lowest BCUT2D eigenvalue weighted by atomic mass is 9.89. The van der Waals surface area contributed by atoms with Crippen molar-refractivity contribution in [2.75, 3.05) is 6.54 Å². The summed E-state index contributed by atoms with van der Waals surface area (Å²) in [5.74, 6) is -0.938. The maximum atomic E-state index is 12.3. The second-order valence-electron chi connectivity index (χ2n) is 5.37. The molecule has 3 unspecified atom stereocenters. The minimum Gasteiger partial charge on any atom is -0.481 e. The number of carboxylic acids is 1. The van der Waals surface area contributed by atoms with Crippen molar-refractivity contribution in [1.29, 1.82) is 0 Å². The standard InChI is InChI=1S/C12H18N2O3/c15-11(9-2-1-5-13-9)14-7-3-4-10(14)8(6-7)12(16)17/h7-10,13H,1-6H2,(H,16,17)/t7?,8?,9-,10?/m0/s1. The predicted molar refractivity (Wildman–Crippen MR) is 60.4 cm³/mol. The van der Waals surface area contributed by atoms with Crippen LogP contribution in [-0.4, -0.2) is 46.6 Å². The molecule has 94 valence electrons. The zero-order valence-corrected chi connectivity index (χ0v) is 9.76. The summed E-state index contributed by atoms with van der Waals surface area (Å²) in [5.41, 5.74) is 0. The van der Waals surface area contributed by atoms with E-state index in [1.165, 1.54) is 0 Å². The number of aliphatic carboxylic acids is 1. The second kappa shape index (κ2) is 3.98. The highest BCUT2D eigenvalue weighted by molar-refractivity contribution is 5.85. The van der Waals surface area contributed by atoms with E-state index in [4.69, 9.17) is 5.11 Å². The van der Waals surface area contributed by atoms with Crippen LogP contribution < -0.4 is 5.32 Å². The van der Waals surface area contributed by atoms with E-state index >= 15 is 0 Å². The highest BCUT2D eigenvalue weighted by atomic mass is 16.4. The van der Waals surface area contributed by atoms with Gasteiger partial charge in [0.05, 0.1) is 12.0 Å². The number of nitrogens with one attached hydrogen (secondary N) is 1. The van der Waals surface area contributed by atoms with Gasteiger partial charge < -0.3 is 15.3 Å². The zero-order chi connectivity index (χ0) is 12.0. The molecule has 3 heterocycles. The molecule has 1 amide bonds. The van der Waals surface area contributed by atoms with Gasteiger partial charge in [-0.25, -0.2) is 0 Å². The van der Waals surface area contributed by atoms with Crippen molar-refractivity contribution in [2.45, 2.75) is 50.2 Å². The third-order valence-electron chi connectivity index (χ3n) is 4.47. The van der Waals surface area contributed by atoms with Crippen molar-refractivity contribution < 1.29 is 14.7 Å². The molecule has 0 radical (unpaired) electrons. The normalized spacial score (nSPS) is 39.9. The van der Waals surface area contributed by atoms with Gasteiger partial charge in [-0.2, -0.15) is 0 Å². The van der Waals surface area contributed by atoms with Crippen LogP contribution in [0.25, 0.3) is 0 Å². The van der Waals surface area contributed by atoms with Gasteiger partial charge in [-0.3, -0.25) is 9.59 Å². The lowest BCUT2D eigenvalue weighted by molar-refractivity contribution is -0.143. The minimum atomic E-state index is -0.741. The first-order chi connectivity index (χ1) is 8.18. The van der Waals surface area contributed by atoms with Crippen molar-refractivity contribution in [3.05, 3.63) is 0 Å². The number of carbonyl (C=O) groups is 2. The Morgan fingerprint density at radius 2 is 2.06 bits per heavy atom. The van der Waals surface area contributed by atoms with E-state index in [2.05, 4.69) is 5.32 Å². The average Bonchev–Trinajstić information content (AvgIpc) is 3.03. The number of fused-ring (bicyclic) bond motifs is 2. The molecule has 0 aliphatic carbocycles. The summed E-state index contributed by atoms with van der Waals surface area (Å²) < 4.78 is 0. The molecule has 5 nitrogen and oxygen atoms in total. The Balaban J connectivity index is 1.76. The zero-order valence-electron chi connectivity index (χ0n) is 9.76. The van der Waals surface area contributed by atoms with E-state index in [1.54, 1.807) is 0 Å². The Morgan fingerprint density at radius 1 is 1.24 bits per heavy atom. The van der Waals surface area contributed by atoms with Crippen LogP contribution in [0.15, 0.2) is 0 Å². The molecule has 3 aliphatic heterocycles. The number of amides is 1. The molecule has 2 N–H and O–H groups in total. The molecule has 3 aliphatic rings. The Labute approximate surface area is 100 Å². The van der Waals surface area contributed by atoms with E-state index in [1.807, 2.05) is 4.90 Å². The van der Waals surface area contributed by atoms with Crippen LogP contribution in [-0.2, 0) is 9.59 Å². The lowest BCUT2D eigenvalue weighted by Crippen LogP contribution is -2.46. The quantitative estimate of drug-likeness (QED) is 0.721. The summed E-state index contributed by atoms with van der Waals surface area (Å²) in [6.07, 6.45) is 4.43. The van der Waals surface area contributed by atoms with Gasteiger partial charge in [0.25, 0.3) is 0 Å². The third kappa shape index (κ3) is 1.64. The Kier molecular flexibility index (Phi) is 2.58. The van der Waals surface area contributed by atoms with Crippen molar-refractivity contribution in [1.82, 2.24) is 10.2 Å². The largest absolute Gasteiger partial charge is 0.481 e. The van der Waals surface area contributed by atoms with Crippen molar-refractivity contribution in [3.8, 4) is 0 Å². The number of hydrogen-bond acceptors (Lipinski definition) is 3. The van der Waals surface area contributed by atoms with E-state index in [0.29, 0.717) is 6.42 Å². The van der Waals surface area contributed by atoms with E-state index in [0.717, 1.165) is 32.2 Å². The van der Waals surface area contributed by atoms with Gasteiger partial charge in [0.1, 0.15) is 0 Å². The van der Waals surface area contributed by atoms with E-state index in [9.17, 15) is 9.59 Å². The van der Waals surface area contributed by atoms with Crippen LogP contribution in [0.1, 0.15) is 32.1 Å². The first-order valence-corrected chi connectivity index (χ1v) is 6.47. The SMILES string of the molecule is O=C(O)C1CC2CCC1N2C(=O)[C@@H]1CCCN1. The van der Waals surface area contributed by atoms with Crippen molar-refractivity contribution in [2.24, 2.45) is 5.92 Å². The average molecular weight is 238 g/mol. The molecule has 3 saturated heterocycles. The maximum Gasteiger partial charge on any atom is 0.308 e. The first kappa shape index (κ1) is 11.0. The Bertz CT molecular complexity index is 352. The molecule has 4 atom stereocenters. The Morgan fingerprint density at radius 3 is 2.65 bits per heavy atom. The van der Waals surface area contributed by atoms with E-state index in [-0.39, 0.29) is 30.0 Å². The van der Waals surface area contributed by atoms with Crippen LogP contribution in [0.2, 0.25) is 0 Å². The summed E-state index contributed by atoms with van der Waals surface area (Å²) in [6, 6.07) is 0.0639. The predicted octanol–water partition coefficient (Wildman–Crippen LogP) is 0.202. The number of carboxylic acid groups (broad SMARTS) is 1. The van der Waals surface area contributed by atoms with Crippen LogP contribution in [0.4, 0.5) is 0 Å². The van der Waals surface area contributed by atoms with Crippen molar-refractivity contribution in [3.63, 3.8) is 0 Å². The fraction of sp³-hybridized carbons (Fsp3) is 0.833. The second-order valence-corrected chi connectivity index (χ2v) is 5.37. The molecular weight excluding hydrogens is 220 g/mol. The van der Waals surface area contributed by atoms with Crippen molar-refractivity contribution >= 4 is 11.9 Å². The van der Waals surface area contributed by atoms with Gasteiger partial charge in [0.2, 0.25) is 5.91 Å². The lowest BCUT2D eigenvalue weighted by Gasteiger charge is -2.26. The molecule has 17 heavy (non-hydrogen) atoms. The Hall–Kier alpha value is -1.10. The number of carbonyl (C=O) groups excluding carboxylic acids is 1. The number of nitrogens with zero attached hydrogens (tertiary/aromatic N) is 1. The maximum absolute atomic E-state index is 12.3. The monoisotopic (exact) mass is 238 g/mol. The summed E-state index contributed by atoms with van der Waals surface area (Å²) in [6.45, 7) is 0.905. The summed E-state index contributed by atoms with van der Waals surface area (Å²) in [5, 5.41) is 12.4. The first-order valence-electron chi connectivity index (χ1n) is 6.47. The highest BCUT2D eigenvalue weighted by Crippen LogP contribution is 2.42. The molecule has 3 rings (SSSR count). The number of rotatable bonds is 2. The van der Waals surface area contributed by atoms with Crippen LogP contribution >= 0.6 is 0 Å². The molecule has 0 saturated carbocycles. The topological polar surface area (TPSA) is 69.6 Å². The van der Waals surface area contributed by atoms with Gasteiger partial charge in [-0.15, -0.1) is 0 Å². The molecule has 0 aromatic rings. The minimum absolute atomic E-state index is 0.0487. The van der Waals surface area contributed by atoms with Gasteiger partial charge in [-0.05, 0) is 38.6 Å². The highest BCUT2D eigenvalue weighted by Gasteiger charge is 2.52. The van der Waals surface area contributed by atoms with Gasteiger partial charge in [0, 0.05) is 12.1 Å². The van der Waals surface area contributed by atoms with Crippen LogP contribution in [0.3, 0.4) is 0 Å². The fourth-order valence-electron chi connectivity index (χ4n) is 3.67. The fourth-order valence-corrected chi connectivity index (χ4v) is 3.67. The van der Waals surface area contributed by atoms with Gasteiger partial charge >= 0.3 is 5.97 Å². The molecule has 3 fully saturated rings. The smallest absolute Gasteiger partial charge is 0.308 e. The van der Waals surface area contributed by atoms with Gasteiger partial charge in [0.15, 0.2) is 0 Å². The third-order valence-corrected chi connectivity index (χ3v) is 4.47. The van der Waals surface area contributed by atoms with Crippen LogP contribution in [0.5, 0.6) is 0 Å². The number of hydrogen-bond donors (Lipinski definition) is 2. The molecule has 0 aromatic heterocycles. The van der Waals surface area contributed by atoms with E-state index < -0.39 is 5.97 Å². The summed E-state index contributed by atoms with van der Waals surface area (Å²) in [4.78, 5) is 25.4.